The van der Waals surface area contributed by atoms with Gasteiger partial charge in [-0.2, -0.15) is 0 Å². The Morgan fingerprint density at radius 1 is 0.865 bits per heavy atom. The lowest BCUT2D eigenvalue weighted by atomic mass is 9.88. The molecular weight excluding hydrogens is 480 g/mol. The number of methoxy groups -OCH3 is 1. The SMILES string of the molecule is COC(=O)/C=C/c1cccc(N(Sc2ccc(-c3ccc(N(C)C)cc3)cc2)C(=O)C2CCCCC2)c1. The fourth-order valence-corrected chi connectivity index (χ4v) is 5.42. The Labute approximate surface area is 224 Å². The van der Waals surface area contributed by atoms with Gasteiger partial charge in [0.2, 0.25) is 5.91 Å². The first-order chi connectivity index (χ1) is 17.9. The van der Waals surface area contributed by atoms with Crippen LogP contribution in [-0.4, -0.2) is 33.1 Å². The molecule has 3 aromatic rings. The average Bonchev–Trinajstić information content (AvgIpc) is 2.95. The third kappa shape index (κ3) is 7.04. The highest BCUT2D eigenvalue weighted by molar-refractivity contribution is 8.01. The Balaban J connectivity index is 1.58. The molecule has 1 aliphatic rings. The van der Waals surface area contributed by atoms with Crippen LogP contribution in [0.5, 0.6) is 0 Å². The zero-order chi connectivity index (χ0) is 26.2. The Morgan fingerprint density at radius 3 is 2.14 bits per heavy atom. The van der Waals surface area contributed by atoms with Crippen molar-refractivity contribution in [2.24, 2.45) is 5.92 Å². The van der Waals surface area contributed by atoms with E-state index in [1.54, 1.807) is 6.08 Å². The van der Waals surface area contributed by atoms with Crippen LogP contribution in [0.15, 0.2) is 83.8 Å². The van der Waals surface area contributed by atoms with Gasteiger partial charge >= 0.3 is 5.97 Å². The van der Waals surface area contributed by atoms with Crippen LogP contribution in [0.1, 0.15) is 37.7 Å². The van der Waals surface area contributed by atoms with E-state index in [2.05, 4.69) is 53.4 Å². The zero-order valence-corrected chi connectivity index (χ0v) is 22.5. The first-order valence-corrected chi connectivity index (χ1v) is 13.5. The number of amides is 1. The van der Waals surface area contributed by atoms with Crippen LogP contribution in [0.3, 0.4) is 0 Å². The Hall–Kier alpha value is -3.51. The molecule has 192 valence electrons. The molecule has 0 N–H and O–H groups in total. The Kier molecular flexibility index (Phi) is 9.07. The van der Waals surface area contributed by atoms with Gasteiger partial charge in [0.1, 0.15) is 0 Å². The molecule has 1 aliphatic carbocycles. The molecule has 0 atom stereocenters. The number of carbonyl (C=O) groups is 2. The van der Waals surface area contributed by atoms with Crippen molar-refractivity contribution in [2.45, 2.75) is 37.0 Å². The van der Waals surface area contributed by atoms with E-state index in [1.165, 1.54) is 31.6 Å². The van der Waals surface area contributed by atoms with Crippen LogP contribution in [0.4, 0.5) is 11.4 Å². The quantitative estimate of drug-likeness (QED) is 0.180. The minimum atomic E-state index is -0.411. The van der Waals surface area contributed by atoms with Crippen molar-refractivity contribution in [3.05, 3.63) is 84.4 Å². The highest BCUT2D eigenvalue weighted by Gasteiger charge is 2.28. The van der Waals surface area contributed by atoms with E-state index in [9.17, 15) is 9.59 Å². The minimum absolute atomic E-state index is 0.0324. The first kappa shape index (κ1) is 26.6. The van der Waals surface area contributed by atoms with Gasteiger partial charge < -0.3 is 9.64 Å². The summed E-state index contributed by atoms with van der Waals surface area (Å²) in [6.45, 7) is 0. The lowest BCUT2D eigenvalue weighted by molar-refractivity contribution is -0.134. The highest BCUT2D eigenvalue weighted by atomic mass is 32.2. The maximum Gasteiger partial charge on any atom is 0.330 e. The summed E-state index contributed by atoms with van der Waals surface area (Å²) in [6, 6.07) is 24.5. The summed E-state index contributed by atoms with van der Waals surface area (Å²) in [6.07, 6.45) is 8.35. The average molecular weight is 515 g/mol. The van der Waals surface area contributed by atoms with Gasteiger partial charge in [-0.3, -0.25) is 4.79 Å². The molecule has 37 heavy (non-hydrogen) atoms. The summed E-state index contributed by atoms with van der Waals surface area (Å²) in [7, 11) is 5.42. The maximum atomic E-state index is 13.7. The molecule has 0 spiro atoms. The van der Waals surface area contributed by atoms with Crippen LogP contribution in [0.2, 0.25) is 0 Å². The van der Waals surface area contributed by atoms with Crippen molar-refractivity contribution in [1.82, 2.24) is 0 Å². The van der Waals surface area contributed by atoms with Gasteiger partial charge in [-0.15, -0.1) is 0 Å². The van der Waals surface area contributed by atoms with Gasteiger partial charge in [0.05, 0.1) is 12.8 Å². The van der Waals surface area contributed by atoms with Gasteiger partial charge in [0.25, 0.3) is 0 Å². The number of carbonyl (C=O) groups excluding carboxylic acids is 2. The number of nitrogens with zero attached hydrogens (tertiary/aromatic N) is 2. The number of anilines is 2. The van der Waals surface area contributed by atoms with E-state index >= 15 is 0 Å². The lowest BCUT2D eigenvalue weighted by Gasteiger charge is -2.28. The fraction of sp³-hybridized carbons (Fsp3) is 0.290. The number of esters is 1. The molecule has 0 saturated heterocycles. The summed E-state index contributed by atoms with van der Waals surface area (Å²) in [5, 5.41) is 0. The zero-order valence-electron chi connectivity index (χ0n) is 21.7. The van der Waals surface area contributed by atoms with Crippen molar-refractivity contribution in [3.8, 4) is 11.1 Å². The molecule has 3 aromatic carbocycles. The molecule has 1 saturated carbocycles. The number of ether oxygens (including phenoxy) is 1. The first-order valence-electron chi connectivity index (χ1n) is 12.7. The van der Waals surface area contributed by atoms with Crippen molar-refractivity contribution in [3.63, 3.8) is 0 Å². The van der Waals surface area contributed by atoms with E-state index in [0.717, 1.165) is 58.6 Å². The summed E-state index contributed by atoms with van der Waals surface area (Å²) in [5.41, 5.74) is 5.09. The predicted molar refractivity (Wildman–Crippen MR) is 154 cm³/mol. The monoisotopic (exact) mass is 514 g/mol. The third-order valence-electron chi connectivity index (χ3n) is 6.64. The molecule has 1 fully saturated rings. The van der Waals surface area contributed by atoms with Crippen LogP contribution in [-0.2, 0) is 14.3 Å². The minimum Gasteiger partial charge on any atom is -0.466 e. The van der Waals surface area contributed by atoms with Gasteiger partial charge in [-0.05, 0) is 84.0 Å². The van der Waals surface area contributed by atoms with Crippen molar-refractivity contribution in [1.29, 1.82) is 0 Å². The van der Waals surface area contributed by atoms with E-state index in [4.69, 9.17) is 4.74 Å². The van der Waals surface area contributed by atoms with E-state index < -0.39 is 5.97 Å². The van der Waals surface area contributed by atoms with Crippen LogP contribution < -0.4 is 9.21 Å². The second kappa shape index (κ2) is 12.6. The molecule has 4 rings (SSSR count). The van der Waals surface area contributed by atoms with Gasteiger partial charge in [0.15, 0.2) is 0 Å². The number of hydrogen-bond donors (Lipinski definition) is 0. The molecule has 0 bridgehead atoms. The normalized spacial score (nSPS) is 13.9. The summed E-state index contributed by atoms with van der Waals surface area (Å²) < 4.78 is 6.53. The second-order valence-electron chi connectivity index (χ2n) is 9.48. The van der Waals surface area contributed by atoms with Gasteiger partial charge in [-0.1, -0.05) is 55.7 Å². The molecule has 6 heteroatoms. The largest absolute Gasteiger partial charge is 0.466 e. The predicted octanol–water partition coefficient (Wildman–Crippen LogP) is 7.23. The topological polar surface area (TPSA) is 49.9 Å². The van der Waals surface area contributed by atoms with E-state index in [0.29, 0.717) is 0 Å². The standard InChI is InChI=1S/C31H34N2O3S/c1-32(2)27-17-13-24(14-18-27)25-15-19-29(20-16-25)37-33(31(35)26-9-5-4-6-10-26)28-11-7-8-23(22-28)12-21-30(34)36-3/h7-8,11-22,26H,4-6,9-10H2,1-3H3/b21-12+. The smallest absolute Gasteiger partial charge is 0.330 e. The molecule has 0 aromatic heterocycles. The number of benzene rings is 3. The lowest BCUT2D eigenvalue weighted by Crippen LogP contribution is -2.32. The van der Waals surface area contributed by atoms with E-state index in [-0.39, 0.29) is 11.8 Å². The highest BCUT2D eigenvalue weighted by Crippen LogP contribution is 2.36. The van der Waals surface area contributed by atoms with Crippen LogP contribution >= 0.6 is 11.9 Å². The van der Waals surface area contributed by atoms with E-state index in [1.807, 2.05) is 42.7 Å². The summed E-state index contributed by atoms with van der Waals surface area (Å²) in [4.78, 5) is 28.3. The molecule has 0 unspecified atom stereocenters. The summed E-state index contributed by atoms with van der Waals surface area (Å²) in [5.74, 6) is -0.237. The van der Waals surface area contributed by atoms with Crippen molar-refractivity contribution in [2.75, 3.05) is 30.4 Å². The van der Waals surface area contributed by atoms with Crippen molar-refractivity contribution >= 4 is 41.3 Å². The number of rotatable bonds is 8. The fourth-order valence-electron chi connectivity index (χ4n) is 4.49. The molecule has 1 amide bonds. The van der Waals surface area contributed by atoms with Crippen LogP contribution in [0.25, 0.3) is 17.2 Å². The van der Waals surface area contributed by atoms with Crippen LogP contribution in [0, 0.1) is 5.92 Å². The molecule has 0 aliphatic heterocycles. The molecule has 0 heterocycles. The van der Waals surface area contributed by atoms with Gasteiger partial charge in [0, 0.05) is 36.7 Å². The Morgan fingerprint density at radius 2 is 1.51 bits per heavy atom. The maximum absolute atomic E-state index is 13.7. The molecule has 5 nitrogen and oxygen atoms in total. The van der Waals surface area contributed by atoms with Gasteiger partial charge in [-0.25, -0.2) is 9.10 Å². The number of hydrogen-bond acceptors (Lipinski definition) is 5. The van der Waals surface area contributed by atoms with Crippen molar-refractivity contribution < 1.29 is 14.3 Å². The second-order valence-corrected chi connectivity index (χ2v) is 10.5. The molecule has 0 radical (unpaired) electrons. The molecular formula is C31H34N2O3S. The summed E-state index contributed by atoms with van der Waals surface area (Å²) >= 11 is 1.45. The Bertz CT molecular complexity index is 1230. The third-order valence-corrected chi connectivity index (χ3v) is 7.70.